The number of ether oxygens (including phenoxy) is 5. The molecule has 4 aliphatic rings. The van der Waals surface area contributed by atoms with Crippen molar-refractivity contribution in [2.24, 2.45) is 35.5 Å². The number of carbonyl (C=O) groups is 5. The highest BCUT2D eigenvalue weighted by Crippen LogP contribution is 2.40. The van der Waals surface area contributed by atoms with E-state index in [-0.39, 0.29) is 66.8 Å². The number of carbonyl (C=O) groups excluding carboxylic acids is 5. The third kappa shape index (κ3) is 18.0. The van der Waals surface area contributed by atoms with E-state index in [0.29, 0.717) is 50.5 Å². The number of aliphatic hydroxyl groups is 1. The van der Waals surface area contributed by atoms with Crippen LogP contribution in [0.2, 0.25) is 36.3 Å². The van der Waals surface area contributed by atoms with Gasteiger partial charge in [0.2, 0.25) is 5.79 Å². The van der Waals surface area contributed by atoms with Crippen LogP contribution in [0.4, 0.5) is 0 Å². The first kappa shape index (κ1) is 68.6. The summed E-state index contributed by atoms with van der Waals surface area (Å²) in [4.78, 5) is 74.6. The molecule has 0 aromatic carbocycles. The molecule has 14 nitrogen and oxygen atoms in total. The summed E-state index contributed by atoms with van der Waals surface area (Å²) in [6, 6.07) is 4.60. The fraction of sp³-hybridized carbons (Fsp3) is 0.794. The van der Waals surface area contributed by atoms with Crippen molar-refractivity contribution in [1.82, 2.24) is 4.90 Å². The number of amides is 1. The van der Waals surface area contributed by atoms with Gasteiger partial charge in [-0.05, 0) is 143 Å². The summed E-state index contributed by atoms with van der Waals surface area (Å²) in [5.41, 5.74) is 1.36. The molecule has 0 aromatic rings. The second-order valence-corrected chi connectivity index (χ2v) is 33.7. The van der Waals surface area contributed by atoms with E-state index in [1.165, 1.54) is 4.90 Å². The minimum absolute atomic E-state index is 0.00630. The molecule has 3 fully saturated rings. The number of allylic oxidation sites excluding steroid dienone is 6. The lowest BCUT2D eigenvalue weighted by atomic mass is 9.78. The van der Waals surface area contributed by atoms with Gasteiger partial charge in [0.25, 0.3) is 11.7 Å². The Labute approximate surface area is 479 Å². The first-order valence-corrected chi connectivity index (χ1v) is 35.7. The van der Waals surface area contributed by atoms with Gasteiger partial charge in [-0.3, -0.25) is 19.2 Å². The molecule has 16 heteroatoms. The van der Waals surface area contributed by atoms with Gasteiger partial charge >= 0.3 is 5.97 Å². The maximum atomic E-state index is 14.8. The van der Waals surface area contributed by atoms with E-state index in [4.69, 9.17) is 32.5 Å². The number of hydrogen-bond acceptors (Lipinski definition) is 13. The predicted molar refractivity (Wildman–Crippen MR) is 317 cm³/mol. The average Bonchev–Trinajstić information content (AvgIpc) is 3.45. The molecule has 79 heavy (non-hydrogen) atoms. The number of nitrogens with zero attached hydrogens (tertiary/aromatic N) is 1. The molecule has 1 aliphatic carbocycles. The monoisotopic (exact) mass is 1140 g/mol. The van der Waals surface area contributed by atoms with Crippen LogP contribution < -0.4 is 0 Å². The highest BCUT2D eigenvalue weighted by atomic mass is 28.4. The summed E-state index contributed by atoms with van der Waals surface area (Å²) >= 11 is 0. The number of rotatable bonds is 16. The van der Waals surface area contributed by atoms with Gasteiger partial charge in [-0.2, -0.15) is 0 Å². The molecule has 2 bridgehead atoms. The molecule has 450 valence electrons. The lowest BCUT2D eigenvalue weighted by molar-refractivity contribution is -0.265. The van der Waals surface area contributed by atoms with Crippen LogP contribution in [0.5, 0.6) is 0 Å². The summed E-state index contributed by atoms with van der Waals surface area (Å²) in [6.07, 6.45) is 14.6. The summed E-state index contributed by atoms with van der Waals surface area (Å²) in [5, 5.41) is 12.1. The van der Waals surface area contributed by atoms with Gasteiger partial charge in [-0.15, -0.1) is 0 Å². The zero-order valence-electron chi connectivity index (χ0n) is 51.8. The second-order valence-electron chi connectivity index (χ2n) is 24.3. The molecule has 3 aliphatic heterocycles. The Kier molecular flexibility index (Phi) is 28.0. The van der Waals surface area contributed by atoms with Crippen molar-refractivity contribution in [3.8, 4) is 0 Å². The standard InChI is InChI=1S/C63H107NO13Si2/c1-17-78(18-2,19-3)76-53-34-32-49(39-56(53)72-15)38-45(10)55-41-52(65)44(9)37-47(12)58(77-79(20-4,21-5)22-6)59(73-16)57(66)46(11)36-42(7)28-24-23-25-29-43(8)54(71-14)40-50-33-31-48(13)63(70,75-50)60(67)61(68)64-35-27-26-30-51(64)62(69)74-55/h23-25,28-29,37,42,45-51,53-56,58-59,70H,17-22,26-27,30-36,38-41H2,1-16H3/b25-23?,28-24?,43-29?,44-37+/t42-,45-,46-,47?,48-,49+,50+,51+,53-,54+,55+,56-,58-,59+,63-/m1/s1. The predicted octanol–water partition coefficient (Wildman–Crippen LogP) is 12.2. The smallest absolute Gasteiger partial charge is 0.329 e. The maximum absolute atomic E-state index is 14.8. The maximum Gasteiger partial charge on any atom is 0.329 e. The van der Waals surface area contributed by atoms with Gasteiger partial charge in [0.15, 0.2) is 28.2 Å². The largest absolute Gasteiger partial charge is 0.460 e. The number of Topliss-reactive ketones (excluding diaryl/α,β-unsaturated/α-hetero) is 3. The van der Waals surface area contributed by atoms with Crippen molar-refractivity contribution >= 4 is 45.9 Å². The van der Waals surface area contributed by atoms with Crippen LogP contribution in [-0.4, -0.2) is 138 Å². The molecule has 1 unspecified atom stereocenters. The van der Waals surface area contributed by atoms with E-state index in [1.54, 1.807) is 35.2 Å². The number of cyclic esters (lactones) is 1. The first-order valence-electron chi connectivity index (χ1n) is 30.7. The van der Waals surface area contributed by atoms with Crippen LogP contribution in [0.25, 0.3) is 0 Å². The average molecular weight is 1140 g/mol. The minimum Gasteiger partial charge on any atom is -0.460 e. The summed E-state index contributed by atoms with van der Waals surface area (Å²) in [5.74, 6) is -6.96. The lowest BCUT2D eigenvalue weighted by Gasteiger charge is -2.43. The van der Waals surface area contributed by atoms with Gasteiger partial charge in [0.1, 0.15) is 18.2 Å². The number of esters is 1. The van der Waals surface area contributed by atoms with E-state index in [0.717, 1.165) is 61.1 Å². The molecule has 1 N–H and O–H groups in total. The third-order valence-corrected chi connectivity index (χ3v) is 28.4. The molecule has 1 saturated carbocycles. The molecule has 15 atom stereocenters. The number of hydrogen-bond donors (Lipinski definition) is 1. The fourth-order valence-corrected chi connectivity index (χ4v) is 18.8. The van der Waals surface area contributed by atoms with Crippen molar-refractivity contribution in [1.29, 1.82) is 0 Å². The Morgan fingerprint density at radius 2 is 1.39 bits per heavy atom. The number of piperidine rings is 1. The number of fused-ring (bicyclic) bond motifs is 3. The van der Waals surface area contributed by atoms with Gasteiger partial charge in [0.05, 0.1) is 30.5 Å². The molecule has 0 radical (unpaired) electrons. The van der Waals surface area contributed by atoms with Crippen molar-refractivity contribution in [2.45, 2.75) is 258 Å². The highest BCUT2D eigenvalue weighted by molar-refractivity contribution is 6.74. The molecule has 1 amide bonds. The van der Waals surface area contributed by atoms with E-state index in [1.807, 2.05) is 58.1 Å². The molecule has 0 spiro atoms. The zero-order valence-corrected chi connectivity index (χ0v) is 53.8. The first-order chi connectivity index (χ1) is 37.5. The summed E-state index contributed by atoms with van der Waals surface area (Å²) in [7, 11) is 0.678. The normalized spacial score (nSPS) is 34.4. The van der Waals surface area contributed by atoms with Crippen LogP contribution >= 0.6 is 0 Å². The van der Waals surface area contributed by atoms with Crippen LogP contribution in [0.3, 0.4) is 0 Å². The summed E-state index contributed by atoms with van der Waals surface area (Å²) < 4.78 is 45.2. The van der Waals surface area contributed by atoms with Crippen molar-refractivity contribution < 1.29 is 61.6 Å². The Morgan fingerprint density at radius 3 is 2.00 bits per heavy atom. The number of ketones is 3. The Bertz CT molecular complexity index is 2080. The third-order valence-electron chi connectivity index (χ3n) is 19.1. The topological polar surface area (TPSA) is 173 Å². The highest BCUT2D eigenvalue weighted by Gasteiger charge is 2.53. The molecular weight excluding hydrogens is 1030 g/mol. The van der Waals surface area contributed by atoms with Crippen molar-refractivity contribution in [3.05, 3.63) is 47.6 Å². The van der Waals surface area contributed by atoms with E-state index < -0.39 is 88.5 Å². The van der Waals surface area contributed by atoms with Gasteiger partial charge in [-0.1, -0.05) is 113 Å². The Balaban J connectivity index is 1.80. The van der Waals surface area contributed by atoms with Crippen LogP contribution in [0.15, 0.2) is 47.6 Å². The minimum atomic E-state index is -2.42. The summed E-state index contributed by atoms with van der Waals surface area (Å²) in [6.45, 7) is 26.8. The molecule has 3 heterocycles. The van der Waals surface area contributed by atoms with E-state index in [2.05, 4.69) is 54.5 Å². The molecule has 2 saturated heterocycles. The molecule has 0 aromatic heterocycles. The Morgan fingerprint density at radius 1 is 0.747 bits per heavy atom. The van der Waals surface area contributed by atoms with Gasteiger partial charge in [-0.25, -0.2) is 4.79 Å². The Hall–Kier alpha value is -2.94. The van der Waals surface area contributed by atoms with Crippen molar-refractivity contribution in [3.63, 3.8) is 0 Å². The lowest BCUT2D eigenvalue weighted by Crippen LogP contribution is -2.61. The molecular formula is C63H107NO13Si2. The van der Waals surface area contributed by atoms with E-state index >= 15 is 0 Å². The van der Waals surface area contributed by atoms with Crippen LogP contribution in [0, 0.1) is 35.5 Å². The van der Waals surface area contributed by atoms with Crippen LogP contribution in [-0.2, 0) is 56.5 Å². The second kappa shape index (κ2) is 32.2. The fourth-order valence-electron chi connectivity index (χ4n) is 13.0. The molecule has 4 rings (SSSR count). The quantitative estimate of drug-likeness (QED) is 0.0879. The van der Waals surface area contributed by atoms with Crippen LogP contribution in [0.1, 0.15) is 167 Å². The van der Waals surface area contributed by atoms with Gasteiger partial charge < -0.3 is 42.5 Å². The number of methoxy groups -OCH3 is 3. The zero-order chi connectivity index (χ0) is 58.8. The SMILES string of the molecule is CC[Si](CC)(CC)O[C@@H]1C(C)/C=C(\C)C(=O)C[C@@H]([C@H](C)C[C@@H]2CC[C@@H](O[Si](CC)(CC)CC)[C@H](OC)C2)OC(=O)[C@@H]2CCCCN2C(=O)C(=O)[C@]2(O)O[C@@H](CC[C@H]2C)C[C@H](OC)C(C)=CC=CC=C[C@@H](C)C[C@@H](C)C(=O)[C@@H]1OC. The van der Waals surface area contributed by atoms with Crippen molar-refractivity contribution in [2.75, 3.05) is 27.9 Å². The van der Waals surface area contributed by atoms with E-state index in [9.17, 15) is 29.1 Å². The van der Waals surface area contributed by atoms with Gasteiger partial charge in [0, 0.05) is 58.5 Å².